The van der Waals surface area contributed by atoms with E-state index in [1.54, 1.807) is 0 Å². The number of hydrogen-bond acceptors (Lipinski definition) is 3. The van der Waals surface area contributed by atoms with E-state index < -0.39 is 19.5 Å². The first-order valence-corrected chi connectivity index (χ1v) is 9.78. The van der Waals surface area contributed by atoms with E-state index in [1.807, 2.05) is 13.8 Å². The molecular formula is C18H39O3P. The van der Waals surface area contributed by atoms with Crippen LogP contribution in [0.5, 0.6) is 0 Å². The minimum atomic E-state index is -2.52. The Bertz CT molecular complexity index is 334. The monoisotopic (exact) mass is 334 g/mol. The molecule has 0 aromatic heterocycles. The molecule has 0 radical (unpaired) electrons. The van der Waals surface area contributed by atoms with E-state index in [2.05, 4.69) is 55.4 Å². The van der Waals surface area contributed by atoms with Crippen LogP contribution < -0.4 is 0 Å². The molecule has 22 heavy (non-hydrogen) atoms. The van der Waals surface area contributed by atoms with Crippen molar-refractivity contribution >= 4 is 8.25 Å². The van der Waals surface area contributed by atoms with Crippen LogP contribution in [0, 0.1) is 10.8 Å². The Labute approximate surface area is 139 Å². The summed E-state index contributed by atoms with van der Waals surface area (Å²) < 4.78 is 24.3. The van der Waals surface area contributed by atoms with E-state index in [0.717, 1.165) is 25.7 Å². The lowest BCUT2D eigenvalue weighted by Gasteiger charge is -2.38. The highest BCUT2D eigenvalue weighted by atomic mass is 31.1. The smallest absolute Gasteiger partial charge is 0.304 e. The highest BCUT2D eigenvalue weighted by molar-refractivity contribution is 7.33. The Kier molecular flexibility index (Phi) is 7.87. The lowest BCUT2D eigenvalue weighted by atomic mass is 9.82. The van der Waals surface area contributed by atoms with Crippen molar-refractivity contribution in [3.63, 3.8) is 0 Å². The zero-order valence-corrected chi connectivity index (χ0v) is 17.6. The Morgan fingerprint density at radius 2 is 0.955 bits per heavy atom. The second-order valence-corrected chi connectivity index (χ2v) is 10.4. The van der Waals surface area contributed by atoms with Crippen LogP contribution in [-0.4, -0.2) is 11.2 Å². The molecule has 0 fully saturated rings. The van der Waals surface area contributed by atoms with Crippen LogP contribution in [0.3, 0.4) is 0 Å². The molecule has 3 nitrogen and oxygen atoms in total. The maximum absolute atomic E-state index is 12.5. The van der Waals surface area contributed by atoms with Crippen LogP contribution in [0.2, 0.25) is 0 Å². The van der Waals surface area contributed by atoms with E-state index in [-0.39, 0.29) is 10.8 Å². The average Bonchev–Trinajstić information content (AvgIpc) is 2.23. The summed E-state index contributed by atoms with van der Waals surface area (Å²) in [4.78, 5) is 0. The molecule has 4 heteroatoms. The zero-order valence-electron chi connectivity index (χ0n) is 16.6. The van der Waals surface area contributed by atoms with Crippen molar-refractivity contribution < 1.29 is 13.6 Å². The molecule has 0 saturated carbocycles. The summed E-state index contributed by atoms with van der Waals surface area (Å²) >= 11 is 0. The van der Waals surface area contributed by atoms with E-state index in [1.165, 1.54) is 0 Å². The first kappa shape index (κ1) is 22.1. The summed E-state index contributed by atoms with van der Waals surface area (Å²) in [7, 11) is -2.52. The molecule has 0 amide bonds. The Morgan fingerprint density at radius 3 is 1.14 bits per heavy atom. The quantitative estimate of drug-likeness (QED) is 0.468. The summed E-state index contributed by atoms with van der Waals surface area (Å²) in [6, 6.07) is 0. The maximum atomic E-state index is 12.5. The third-order valence-corrected chi connectivity index (χ3v) is 5.28. The van der Waals surface area contributed by atoms with Crippen LogP contribution >= 0.6 is 8.25 Å². The topological polar surface area (TPSA) is 35.5 Å². The van der Waals surface area contributed by atoms with Gasteiger partial charge in [-0.05, 0) is 50.4 Å². The average molecular weight is 334 g/mol. The Hall–Kier alpha value is 0.150. The van der Waals surface area contributed by atoms with Gasteiger partial charge in [0.15, 0.2) is 0 Å². The molecule has 0 aliphatic carbocycles. The molecule has 2 atom stereocenters. The predicted octanol–water partition coefficient (Wildman–Crippen LogP) is 6.62. The zero-order chi connectivity index (χ0) is 17.8. The summed E-state index contributed by atoms with van der Waals surface area (Å²) in [5.74, 6) is 0. The van der Waals surface area contributed by atoms with E-state index >= 15 is 0 Å². The van der Waals surface area contributed by atoms with Crippen LogP contribution in [0.4, 0.5) is 0 Å². The standard InChI is InChI=1S/C18H39O3P/c1-11-17(9,13-15(3,4)5)20-22(19)21-18(10,12-2)14-16(6,7)8/h22H,11-14H2,1-10H3. The molecule has 0 saturated heterocycles. The van der Waals surface area contributed by atoms with Crippen molar-refractivity contribution in [2.24, 2.45) is 10.8 Å². The van der Waals surface area contributed by atoms with Crippen molar-refractivity contribution in [1.29, 1.82) is 0 Å². The summed E-state index contributed by atoms with van der Waals surface area (Å²) in [5.41, 5.74) is -0.534. The van der Waals surface area contributed by atoms with E-state index in [9.17, 15) is 4.57 Å². The van der Waals surface area contributed by atoms with Crippen molar-refractivity contribution in [3.8, 4) is 0 Å². The lowest BCUT2D eigenvalue weighted by molar-refractivity contribution is -0.00943. The van der Waals surface area contributed by atoms with Gasteiger partial charge < -0.3 is 9.05 Å². The van der Waals surface area contributed by atoms with Gasteiger partial charge in [-0.25, -0.2) is 0 Å². The van der Waals surface area contributed by atoms with Gasteiger partial charge in [0, 0.05) is 0 Å². The fraction of sp³-hybridized carbons (Fsp3) is 1.00. The Balaban J connectivity index is 4.89. The van der Waals surface area contributed by atoms with Crippen molar-refractivity contribution in [3.05, 3.63) is 0 Å². The van der Waals surface area contributed by atoms with Crippen LogP contribution in [0.25, 0.3) is 0 Å². The summed E-state index contributed by atoms with van der Waals surface area (Å²) in [5, 5.41) is 0. The molecule has 0 bridgehead atoms. The fourth-order valence-corrected chi connectivity index (χ4v) is 4.41. The van der Waals surface area contributed by atoms with Crippen LogP contribution in [0.1, 0.15) is 94.9 Å². The summed E-state index contributed by atoms with van der Waals surface area (Å²) in [6.07, 6.45) is 3.37. The predicted molar refractivity (Wildman–Crippen MR) is 96.7 cm³/mol. The molecule has 0 rings (SSSR count). The summed E-state index contributed by atoms with van der Waals surface area (Å²) in [6.45, 7) is 21.3. The van der Waals surface area contributed by atoms with Gasteiger partial charge in [0.25, 0.3) is 0 Å². The van der Waals surface area contributed by atoms with Gasteiger partial charge in [-0.2, -0.15) is 0 Å². The first-order valence-electron chi connectivity index (χ1n) is 8.56. The van der Waals surface area contributed by atoms with Gasteiger partial charge in [-0.1, -0.05) is 55.4 Å². The molecule has 0 spiro atoms. The molecular weight excluding hydrogens is 295 g/mol. The highest BCUT2D eigenvalue weighted by Gasteiger charge is 2.35. The minimum Gasteiger partial charge on any atom is -0.304 e. The third kappa shape index (κ3) is 9.33. The first-order chi connectivity index (χ1) is 9.64. The van der Waals surface area contributed by atoms with Crippen molar-refractivity contribution in [2.45, 2.75) is 106 Å². The fourth-order valence-electron chi connectivity index (χ4n) is 3.13. The van der Waals surface area contributed by atoms with Gasteiger partial charge in [0.1, 0.15) is 0 Å². The normalized spacial score (nSPS) is 20.3. The van der Waals surface area contributed by atoms with Crippen LogP contribution in [-0.2, 0) is 13.6 Å². The van der Waals surface area contributed by atoms with Crippen molar-refractivity contribution in [2.75, 3.05) is 0 Å². The molecule has 2 unspecified atom stereocenters. The molecule has 0 heterocycles. The third-order valence-electron chi connectivity index (χ3n) is 3.96. The second kappa shape index (κ2) is 7.81. The molecule has 0 aliphatic rings. The minimum absolute atomic E-state index is 0.131. The van der Waals surface area contributed by atoms with Gasteiger partial charge in [-0.3, -0.25) is 4.57 Å². The van der Waals surface area contributed by atoms with Crippen molar-refractivity contribution in [1.82, 2.24) is 0 Å². The van der Waals surface area contributed by atoms with Gasteiger partial charge in [0.2, 0.25) is 0 Å². The Morgan fingerprint density at radius 1 is 0.682 bits per heavy atom. The molecule has 134 valence electrons. The number of rotatable bonds is 8. The highest BCUT2D eigenvalue weighted by Crippen LogP contribution is 2.45. The number of hydrogen-bond donors (Lipinski definition) is 0. The largest absolute Gasteiger partial charge is 0.320 e. The van der Waals surface area contributed by atoms with Gasteiger partial charge >= 0.3 is 8.25 Å². The maximum Gasteiger partial charge on any atom is 0.320 e. The van der Waals surface area contributed by atoms with E-state index in [0.29, 0.717) is 0 Å². The molecule has 0 aromatic rings. The molecule has 0 N–H and O–H groups in total. The molecule has 0 aliphatic heterocycles. The van der Waals surface area contributed by atoms with E-state index in [4.69, 9.17) is 9.05 Å². The van der Waals surface area contributed by atoms with Gasteiger partial charge in [0.05, 0.1) is 11.2 Å². The molecule has 0 aromatic carbocycles. The SMILES string of the molecule is CCC(C)(CC(C)(C)C)O[PH](=O)OC(C)(CC)CC(C)(C)C. The second-order valence-electron chi connectivity index (χ2n) is 9.54. The lowest BCUT2D eigenvalue weighted by Crippen LogP contribution is -2.34. The van der Waals surface area contributed by atoms with Gasteiger partial charge in [-0.15, -0.1) is 0 Å². The van der Waals surface area contributed by atoms with Crippen LogP contribution in [0.15, 0.2) is 0 Å².